The van der Waals surface area contributed by atoms with Gasteiger partial charge in [-0.25, -0.2) is 0 Å². The molecule has 0 radical (unpaired) electrons. The van der Waals surface area contributed by atoms with E-state index in [1.165, 1.54) is 33.4 Å². The predicted octanol–water partition coefficient (Wildman–Crippen LogP) is 10.4. The molecule has 0 heterocycles. The first-order valence-corrected chi connectivity index (χ1v) is 15.3. The summed E-state index contributed by atoms with van der Waals surface area (Å²) in [6.07, 6.45) is 4.53. The lowest BCUT2D eigenvalue weighted by Crippen LogP contribution is -2.24. The van der Waals surface area contributed by atoms with Crippen LogP contribution in [0.25, 0.3) is 0 Å². The molecule has 6 rings (SSSR count). The lowest BCUT2D eigenvalue weighted by atomic mass is 9.77. The number of nitrogens with one attached hydrogen (secondary N) is 2. The van der Waals surface area contributed by atoms with Crippen LogP contribution in [-0.2, 0) is 0 Å². The number of fused-ring (bicyclic) bond motifs is 2. The summed E-state index contributed by atoms with van der Waals surface area (Å²) in [5.41, 5.74) is 8.10. The normalized spacial score (nSPS) is 21.6. The molecular formula is C34H34Cl4N2. The number of benzene rings is 4. The van der Waals surface area contributed by atoms with Crippen LogP contribution >= 0.6 is 46.4 Å². The van der Waals surface area contributed by atoms with E-state index < -0.39 is 0 Å². The van der Waals surface area contributed by atoms with E-state index in [0.29, 0.717) is 44.0 Å². The molecule has 2 aliphatic rings. The first kappa shape index (κ1) is 29.5. The van der Waals surface area contributed by atoms with Gasteiger partial charge in [-0.15, -0.1) is 0 Å². The molecule has 4 aromatic carbocycles. The third-order valence-corrected chi connectivity index (χ3v) is 9.85. The summed E-state index contributed by atoms with van der Waals surface area (Å²) in [4.78, 5) is 0. The molecular weight excluding hydrogens is 578 g/mol. The predicted molar refractivity (Wildman–Crippen MR) is 172 cm³/mol. The van der Waals surface area contributed by atoms with Crippen molar-refractivity contribution < 1.29 is 0 Å². The van der Waals surface area contributed by atoms with Crippen LogP contribution in [0.4, 0.5) is 0 Å². The van der Waals surface area contributed by atoms with Gasteiger partial charge in [0.15, 0.2) is 0 Å². The van der Waals surface area contributed by atoms with Crippen molar-refractivity contribution in [1.29, 1.82) is 0 Å². The van der Waals surface area contributed by atoms with Crippen molar-refractivity contribution >= 4 is 46.4 Å². The van der Waals surface area contributed by atoms with Gasteiger partial charge in [-0.3, -0.25) is 0 Å². The molecule has 0 fully saturated rings. The molecule has 0 bridgehead atoms. The fourth-order valence-electron chi connectivity index (χ4n) is 6.33. The SMILES string of the molecule is CN[C@@H]1CCC(c2ccc(Cl)c(Cl)c2)c2ccccc21.CN[C@@H]1CC[C@@H](c2ccc(Cl)c(Cl)c2)c2ccccc21. The van der Waals surface area contributed by atoms with Gasteiger partial charge in [-0.05, 0) is 97.4 Å². The second-order valence-electron chi connectivity index (χ2n) is 10.5. The fraction of sp³-hybridized carbons (Fsp3) is 0.294. The molecule has 40 heavy (non-hydrogen) atoms. The zero-order valence-corrected chi connectivity index (χ0v) is 25.8. The summed E-state index contributed by atoms with van der Waals surface area (Å²) in [7, 11) is 4.06. The Kier molecular flexibility index (Phi) is 9.79. The maximum absolute atomic E-state index is 6.17. The Morgan fingerprint density at radius 1 is 0.475 bits per heavy atom. The van der Waals surface area contributed by atoms with Crippen molar-refractivity contribution in [3.8, 4) is 0 Å². The highest BCUT2D eigenvalue weighted by atomic mass is 35.5. The zero-order valence-electron chi connectivity index (χ0n) is 22.7. The van der Waals surface area contributed by atoms with Crippen LogP contribution in [0.3, 0.4) is 0 Å². The van der Waals surface area contributed by atoms with Gasteiger partial charge in [0, 0.05) is 23.9 Å². The van der Waals surface area contributed by atoms with E-state index in [9.17, 15) is 0 Å². The van der Waals surface area contributed by atoms with Crippen LogP contribution in [0.1, 0.15) is 83.0 Å². The number of hydrogen-bond acceptors (Lipinski definition) is 2. The lowest BCUT2D eigenvalue weighted by Gasteiger charge is -2.32. The van der Waals surface area contributed by atoms with Gasteiger partial charge in [0.1, 0.15) is 0 Å². The van der Waals surface area contributed by atoms with E-state index in [4.69, 9.17) is 46.4 Å². The molecule has 6 heteroatoms. The van der Waals surface area contributed by atoms with Gasteiger partial charge in [-0.2, -0.15) is 0 Å². The molecule has 0 amide bonds. The summed E-state index contributed by atoms with van der Waals surface area (Å²) < 4.78 is 0. The standard InChI is InChI=1S/2C17H17Cl2N/c2*1-20-17-9-7-12(13-4-2-3-5-14(13)17)11-6-8-15(18)16(19)10-11/h2*2-6,8,10,12,17,20H,7,9H2,1H3/t12?,17-;12-,17+/m10/s1. The summed E-state index contributed by atoms with van der Waals surface area (Å²) >= 11 is 24.4. The molecule has 0 aromatic heterocycles. The van der Waals surface area contributed by atoms with E-state index in [-0.39, 0.29) is 0 Å². The van der Waals surface area contributed by atoms with Crippen molar-refractivity contribution in [3.05, 3.63) is 138 Å². The van der Waals surface area contributed by atoms with E-state index in [0.717, 1.165) is 25.7 Å². The molecule has 0 aliphatic heterocycles. The van der Waals surface area contributed by atoms with E-state index in [2.05, 4.69) is 71.3 Å². The number of hydrogen-bond donors (Lipinski definition) is 2. The Bertz CT molecular complexity index is 1360. The van der Waals surface area contributed by atoms with E-state index in [1.807, 2.05) is 38.4 Å². The third-order valence-electron chi connectivity index (χ3n) is 8.37. The van der Waals surface area contributed by atoms with Gasteiger partial charge in [0.2, 0.25) is 0 Å². The quantitative estimate of drug-likeness (QED) is 0.240. The topological polar surface area (TPSA) is 24.1 Å². The van der Waals surface area contributed by atoms with Gasteiger partial charge < -0.3 is 10.6 Å². The minimum Gasteiger partial charge on any atom is -0.313 e. The Balaban J connectivity index is 0.000000161. The van der Waals surface area contributed by atoms with Crippen molar-refractivity contribution in [1.82, 2.24) is 10.6 Å². The Hall–Kier alpha value is -2.04. The van der Waals surface area contributed by atoms with E-state index >= 15 is 0 Å². The monoisotopic (exact) mass is 610 g/mol. The molecule has 4 aromatic rings. The highest BCUT2D eigenvalue weighted by Gasteiger charge is 2.28. The van der Waals surface area contributed by atoms with Crippen molar-refractivity contribution in [2.24, 2.45) is 0 Å². The number of halogens is 4. The first-order chi connectivity index (χ1) is 19.4. The molecule has 0 spiro atoms. The molecule has 2 nitrogen and oxygen atoms in total. The summed E-state index contributed by atoms with van der Waals surface area (Å²) in [6.45, 7) is 0. The average Bonchev–Trinajstić information content (AvgIpc) is 2.99. The third kappa shape index (κ3) is 6.23. The van der Waals surface area contributed by atoms with Crippen molar-refractivity contribution in [2.45, 2.75) is 49.6 Å². The number of rotatable bonds is 4. The average molecular weight is 612 g/mol. The Morgan fingerprint density at radius 3 is 1.20 bits per heavy atom. The van der Waals surface area contributed by atoms with Crippen LogP contribution in [0.2, 0.25) is 20.1 Å². The molecule has 2 N–H and O–H groups in total. The molecule has 208 valence electrons. The highest BCUT2D eigenvalue weighted by molar-refractivity contribution is 6.42. The minimum absolute atomic E-state index is 0.408. The second kappa shape index (κ2) is 13.3. The largest absolute Gasteiger partial charge is 0.313 e. The van der Waals surface area contributed by atoms with Gasteiger partial charge in [0.05, 0.1) is 20.1 Å². The molecule has 1 unspecified atom stereocenters. The van der Waals surface area contributed by atoms with Crippen molar-refractivity contribution in [2.75, 3.05) is 14.1 Å². The molecule has 4 atom stereocenters. The molecule has 2 aliphatic carbocycles. The van der Waals surface area contributed by atoms with Crippen LogP contribution in [0, 0.1) is 0 Å². The van der Waals surface area contributed by atoms with Crippen LogP contribution < -0.4 is 10.6 Å². The first-order valence-electron chi connectivity index (χ1n) is 13.8. The smallest absolute Gasteiger partial charge is 0.0595 e. The Labute approximate surface area is 258 Å². The van der Waals surface area contributed by atoms with Crippen LogP contribution in [0.15, 0.2) is 84.9 Å². The van der Waals surface area contributed by atoms with Gasteiger partial charge in [0.25, 0.3) is 0 Å². The Morgan fingerprint density at radius 2 is 0.850 bits per heavy atom. The zero-order chi connectivity index (χ0) is 28.2. The highest BCUT2D eigenvalue weighted by Crippen LogP contribution is 2.43. The van der Waals surface area contributed by atoms with Crippen LogP contribution in [-0.4, -0.2) is 14.1 Å². The molecule has 0 saturated heterocycles. The summed E-state index contributed by atoms with van der Waals surface area (Å²) in [5, 5.41) is 9.32. The van der Waals surface area contributed by atoms with Crippen LogP contribution in [0.5, 0.6) is 0 Å². The van der Waals surface area contributed by atoms with Gasteiger partial charge >= 0.3 is 0 Å². The minimum atomic E-state index is 0.408. The fourth-order valence-corrected chi connectivity index (χ4v) is 6.94. The van der Waals surface area contributed by atoms with Crippen molar-refractivity contribution in [3.63, 3.8) is 0 Å². The second-order valence-corrected chi connectivity index (χ2v) is 12.2. The molecule has 0 saturated carbocycles. The lowest BCUT2D eigenvalue weighted by molar-refractivity contribution is 0.471. The maximum Gasteiger partial charge on any atom is 0.0595 e. The summed E-state index contributed by atoms with van der Waals surface area (Å²) in [6, 6.07) is 30.2. The maximum atomic E-state index is 6.17. The van der Waals surface area contributed by atoms with E-state index in [1.54, 1.807) is 0 Å². The van der Waals surface area contributed by atoms with Gasteiger partial charge in [-0.1, -0.05) is 107 Å². The summed E-state index contributed by atoms with van der Waals surface area (Å²) in [5.74, 6) is 0.816.